The molecule has 6 heteroatoms. The number of carbonyl (C=O) groups excluding carboxylic acids is 2. The molecule has 3 aromatic rings. The molecule has 0 aliphatic rings. The first-order valence-electron chi connectivity index (χ1n) is 9.12. The van der Waals surface area contributed by atoms with Crippen molar-refractivity contribution in [2.45, 2.75) is 13.5 Å². The van der Waals surface area contributed by atoms with E-state index in [0.717, 1.165) is 15.6 Å². The fraction of sp³-hybridized carbons (Fsp3) is 0.130. The van der Waals surface area contributed by atoms with Gasteiger partial charge in [0.05, 0.1) is 4.47 Å². The number of carbonyl (C=O) groups is 2. The molecular formula is C23H21BrN2O3. The van der Waals surface area contributed by atoms with Crippen molar-refractivity contribution in [3.63, 3.8) is 0 Å². The molecule has 0 aliphatic heterocycles. The summed E-state index contributed by atoms with van der Waals surface area (Å²) in [5.41, 5.74) is 3.12. The summed E-state index contributed by atoms with van der Waals surface area (Å²) in [5, 5.41) is 5.62. The normalized spacial score (nSPS) is 10.3. The molecule has 0 aromatic heterocycles. The number of benzene rings is 3. The van der Waals surface area contributed by atoms with Gasteiger partial charge in [0.2, 0.25) is 0 Å². The molecule has 0 radical (unpaired) electrons. The first-order chi connectivity index (χ1) is 14.0. The Kier molecular flexibility index (Phi) is 7.03. The Morgan fingerprint density at radius 2 is 1.76 bits per heavy atom. The quantitative estimate of drug-likeness (QED) is 0.545. The molecule has 0 saturated carbocycles. The second-order valence-corrected chi connectivity index (χ2v) is 7.37. The molecule has 0 heterocycles. The standard InChI is InChI=1S/C23H21BrN2O3/c1-16-10-11-21(20(24)12-16)29-15-22(27)26-19-9-5-8-18(13-19)23(28)25-14-17-6-3-2-4-7-17/h2-13H,14-15H2,1H3,(H,25,28)(H,26,27). The van der Waals surface area contributed by atoms with Crippen LogP contribution in [0.5, 0.6) is 5.75 Å². The second-order valence-electron chi connectivity index (χ2n) is 6.52. The highest BCUT2D eigenvalue weighted by atomic mass is 79.9. The van der Waals surface area contributed by atoms with E-state index < -0.39 is 0 Å². The number of hydrogen-bond donors (Lipinski definition) is 2. The van der Waals surface area contributed by atoms with Crippen LogP contribution >= 0.6 is 15.9 Å². The van der Waals surface area contributed by atoms with Crippen LogP contribution in [0, 0.1) is 6.92 Å². The number of aryl methyl sites for hydroxylation is 1. The predicted molar refractivity (Wildman–Crippen MR) is 117 cm³/mol. The molecule has 29 heavy (non-hydrogen) atoms. The van der Waals surface area contributed by atoms with E-state index in [4.69, 9.17) is 4.74 Å². The molecule has 3 aromatic carbocycles. The van der Waals surface area contributed by atoms with Crippen molar-refractivity contribution >= 4 is 33.4 Å². The molecular weight excluding hydrogens is 432 g/mol. The molecule has 2 N–H and O–H groups in total. The average molecular weight is 453 g/mol. The first-order valence-corrected chi connectivity index (χ1v) is 9.91. The van der Waals surface area contributed by atoms with E-state index in [1.165, 1.54) is 0 Å². The largest absolute Gasteiger partial charge is 0.483 e. The van der Waals surface area contributed by atoms with Crippen LogP contribution in [-0.4, -0.2) is 18.4 Å². The summed E-state index contributed by atoms with van der Waals surface area (Å²) in [6.45, 7) is 2.28. The SMILES string of the molecule is Cc1ccc(OCC(=O)Nc2cccc(C(=O)NCc3ccccc3)c2)c(Br)c1. The highest BCUT2D eigenvalue weighted by Crippen LogP contribution is 2.25. The fourth-order valence-corrected chi connectivity index (χ4v) is 3.29. The molecule has 2 amide bonds. The van der Waals surface area contributed by atoms with Gasteiger partial charge in [-0.15, -0.1) is 0 Å². The molecule has 0 atom stereocenters. The van der Waals surface area contributed by atoms with E-state index in [1.54, 1.807) is 24.3 Å². The van der Waals surface area contributed by atoms with E-state index in [9.17, 15) is 9.59 Å². The van der Waals surface area contributed by atoms with Crippen LogP contribution in [0.25, 0.3) is 0 Å². The van der Waals surface area contributed by atoms with Crippen LogP contribution in [0.2, 0.25) is 0 Å². The third kappa shape index (κ3) is 6.19. The zero-order valence-electron chi connectivity index (χ0n) is 15.9. The Labute approximate surface area is 178 Å². The molecule has 0 unspecified atom stereocenters. The maximum absolute atomic E-state index is 12.4. The number of ether oxygens (including phenoxy) is 1. The van der Waals surface area contributed by atoms with Gasteiger partial charge in [0.15, 0.2) is 6.61 Å². The molecule has 148 valence electrons. The zero-order chi connectivity index (χ0) is 20.6. The first kappa shape index (κ1) is 20.6. The predicted octanol–water partition coefficient (Wildman–Crippen LogP) is 4.71. The molecule has 0 bridgehead atoms. The molecule has 5 nitrogen and oxygen atoms in total. The third-order valence-electron chi connectivity index (χ3n) is 4.15. The summed E-state index contributed by atoms with van der Waals surface area (Å²) < 4.78 is 6.35. The topological polar surface area (TPSA) is 67.4 Å². The fourth-order valence-electron chi connectivity index (χ4n) is 2.68. The summed E-state index contributed by atoms with van der Waals surface area (Å²) >= 11 is 3.42. The molecule has 0 spiro atoms. The Bertz CT molecular complexity index is 1010. The summed E-state index contributed by atoms with van der Waals surface area (Å²) in [7, 11) is 0. The van der Waals surface area contributed by atoms with Crippen molar-refractivity contribution in [3.8, 4) is 5.75 Å². The number of nitrogens with one attached hydrogen (secondary N) is 2. The van der Waals surface area contributed by atoms with Gasteiger partial charge in [-0.3, -0.25) is 9.59 Å². The van der Waals surface area contributed by atoms with E-state index in [1.807, 2.05) is 55.5 Å². The lowest BCUT2D eigenvalue weighted by Crippen LogP contribution is -2.23. The van der Waals surface area contributed by atoms with Crippen LogP contribution < -0.4 is 15.4 Å². The van der Waals surface area contributed by atoms with Gasteiger partial charge in [-0.2, -0.15) is 0 Å². The zero-order valence-corrected chi connectivity index (χ0v) is 17.5. The van der Waals surface area contributed by atoms with Gasteiger partial charge in [0.1, 0.15) is 5.75 Å². The van der Waals surface area contributed by atoms with Gasteiger partial charge in [0, 0.05) is 17.8 Å². The maximum Gasteiger partial charge on any atom is 0.262 e. The van der Waals surface area contributed by atoms with Crippen LogP contribution in [0.15, 0.2) is 77.3 Å². The second kappa shape index (κ2) is 9.89. The minimum absolute atomic E-state index is 0.133. The summed E-state index contributed by atoms with van der Waals surface area (Å²) in [4.78, 5) is 24.6. The minimum Gasteiger partial charge on any atom is -0.483 e. The van der Waals surface area contributed by atoms with Crippen molar-refractivity contribution in [2.24, 2.45) is 0 Å². The number of halogens is 1. The highest BCUT2D eigenvalue weighted by molar-refractivity contribution is 9.10. The Hall–Kier alpha value is -3.12. The number of amides is 2. The molecule has 3 rings (SSSR count). The van der Waals surface area contributed by atoms with Gasteiger partial charge < -0.3 is 15.4 Å². The summed E-state index contributed by atoms with van der Waals surface area (Å²) in [6, 6.07) is 22.1. The van der Waals surface area contributed by atoms with Crippen LogP contribution in [0.3, 0.4) is 0 Å². The maximum atomic E-state index is 12.4. The monoisotopic (exact) mass is 452 g/mol. The van der Waals surface area contributed by atoms with Gasteiger partial charge in [-0.05, 0) is 64.3 Å². The van der Waals surface area contributed by atoms with Crippen LogP contribution in [0.4, 0.5) is 5.69 Å². The number of rotatable bonds is 7. The van der Waals surface area contributed by atoms with Crippen molar-refractivity contribution in [2.75, 3.05) is 11.9 Å². The minimum atomic E-state index is -0.306. The van der Waals surface area contributed by atoms with E-state index in [0.29, 0.717) is 23.5 Å². The lowest BCUT2D eigenvalue weighted by atomic mass is 10.1. The summed E-state index contributed by atoms with van der Waals surface area (Å²) in [6.07, 6.45) is 0. The van der Waals surface area contributed by atoms with Crippen LogP contribution in [0.1, 0.15) is 21.5 Å². The van der Waals surface area contributed by atoms with E-state index in [-0.39, 0.29) is 18.4 Å². The Morgan fingerprint density at radius 1 is 0.966 bits per heavy atom. The van der Waals surface area contributed by atoms with Crippen LogP contribution in [-0.2, 0) is 11.3 Å². The van der Waals surface area contributed by atoms with Gasteiger partial charge in [-0.1, -0.05) is 42.5 Å². The highest BCUT2D eigenvalue weighted by Gasteiger charge is 2.09. The Morgan fingerprint density at radius 3 is 2.52 bits per heavy atom. The van der Waals surface area contributed by atoms with Crippen molar-refractivity contribution < 1.29 is 14.3 Å². The van der Waals surface area contributed by atoms with Gasteiger partial charge in [-0.25, -0.2) is 0 Å². The van der Waals surface area contributed by atoms with Crippen molar-refractivity contribution in [3.05, 3.63) is 94.0 Å². The lowest BCUT2D eigenvalue weighted by Gasteiger charge is -2.10. The Balaban J connectivity index is 1.54. The molecule has 0 aliphatic carbocycles. The van der Waals surface area contributed by atoms with E-state index >= 15 is 0 Å². The smallest absolute Gasteiger partial charge is 0.262 e. The van der Waals surface area contributed by atoms with Gasteiger partial charge >= 0.3 is 0 Å². The van der Waals surface area contributed by atoms with Crippen molar-refractivity contribution in [1.82, 2.24) is 5.32 Å². The van der Waals surface area contributed by atoms with Gasteiger partial charge in [0.25, 0.3) is 11.8 Å². The van der Waals surface area contributed by atoms with Crippen molar-refractivity contribution in [1.29, 1.82) is 0 Å². The molecule has 0 saturated heterocycles. The average Bonchev–Trinajstić information content (AvgIpc) is 2.72. The number of anilines is 1. The summed E-state index contributed by atoms with van der Waals surface area (Å²) in [5.74, 6) is 0.0869. The van der Waals surface area contributed by atoms with E-state index in [2.05, 4.69) is 26.6 Å². The molecule has 0 fully saturated rings. The lowest BCUT2D eigenvalue weighted by molar-refractivity contribution is -0.118. The number of hydrogen-bond acceptors (Lipinski definition) is 3. The third-order valence-corrected chi connectivity index (χ3v) is 4.77.